The summed E-state index contributed by atoms with van der Waals surface area (Å²) in [4.78, 5) is 5.95. The number of benzene rings is 1. The lowest BCUT2D eigenvalue weighted by atomic mass is 10.1. The van der Waals surface area contributed by atoms with Crippen molar-refractivity contribution in [1.29, 1.82) is 0 Å². The maximum atomic E-state index is 3.96. The highest BCUT2D eigenvalue weighted by Crippen LogP contribution is 2.12. The van der Waals surface area contributed by atoms with Gasteiger partial charge in [0.15, 0.2) is 0 Å². The van der Waals surface area contributed by atoms with E-state index in [0.717, 1.165) is 6.42 Å². The first-order valence-corrected chi connectivity index (χ1v) is 4.52. The van der Waals surface area contributed by atoms with E-state index < -0.39 is 0 Å². The molecule has 0 spiro atoms. The molecule has 0 aromatic heterocycles. The van der Waals surface area contributed by atoms with Gasteiger partial charge in [-0.1, -0.05) is 19.1 Å². The van der Waals surface area contributed by atoms with E-state index in [0.29, 0.717) is 0 Å². The molecule has 1 aromatic rings. The maximum Gasteiger partial charge on any atom is 0.0888 e. The van der Waals surface area contributed by atoms with Crippen molar-refractivity contribution >= 4 is 12.0 Å². The van der Waals surface area contributed by atoms with Crippen molar-refractivity contribution in [3.8, 4) is 0 Å². The molecule has 0 fully saturated rings. The summed E-state index contributed by atoms with van der Waals surface area (Å²) in [5.41, 5.74) is 2.54. The summed E-state index contributed by atoms with van der Waals surface area (Å²) in [5.74, 6) is 0. The van der Waals surface area contributed by atoms with Gasteiger partial charge in [0.25, 0.3) is 0 Å². The largest absolute Gasteiger partial charge is 0.336 e. The monoisotopic (exact) mass is 176 g/mol. The molecule has 0 bridgehead atoms. The molecule has 1 rings (SSSR count). The van der Waals surface area contributed by atoms with E-state index in [1.807, 2.05) is 11.9 Å². The summed E-state index contributed by atoms with van der Waals surface area (Å²) >= 11 is 0. The van der Waals surface area contributed by atoms with E-state index in [4.69, 9.17) is 0 Å². The Kier molecular flexibility index (Phi) is 3.50. The van der Waals surface area contributed by atoms with Gasteiger partial charge in [0.05, 0.1) is 6.34 Å². The Labute approximate surface area is 79.9 Å². The molecule has 0 saturated carbocycles. The third-order valence-corrected chi connectivity index (χ3v) is 2.04. The third kappa shape index (κ3) is 2.58. The molecule has 0 heterocycles. The third-order valence-electron chi connectivity index (χ3n) is 2.04. The summed E-state index contributed by atoms with van der Waals surface area (Å²) in [6.45, 7) is 2.16. The molecule has 0 radical (unpaired) electrons. The summed E-state index contributed by atoms with van der Waals surface area (Å²) in [6.07, 6.45) is 2.90. The van der Waals surface area contributed by atoms with Crippen LogP contribution in [0.4, 0.5) is 5.69 Å². The number of rotatable bonds is 3. The Morgan fingerprint density at radius 1 is 1.31 bits per heavy atom. The van der Waals surface area contributed by atoms with Gasteiger partial charge in [-0.2, -0.15) is 0 Å². The van der Waals surface area contributed by atoms with Crippen LogP contribution in [0, 0.1) is 0 Å². The van der Waals surface area contributed by atoms with Crippen molar-refractivity contribution in [2.45, 2.75) is 13.3 Å². The number of aryl methyl sites for hydroxylation is 1. The Morgan fingerprint density at radius 2 is 1.92 bits per heavy atom. The summed E-state index contributed by atoms with van der Waals surface area (Å²) < 4.78 is 0. The lowest BCUT2D eigenvalue weighted by Crippen LogP contribution is -2.13. The SMILES string of the molecule is CCc1ccc(N(C)C=NC)cc1. The molecule has 0 aliphatic heterocycles. The smallest absolute Gasteiger partial charge is 0.0888 e. The first-order chi connectivity index (χ1) is 6.27. The van der Waals surface area contributed by atoms with E-state index in [2.05, 4.69) is 36.2 Å². The standard InChI is InChI=1S/C11H16N2/c1-4-10-5-7-11(8-6-10)13(3)9-12-2/h5-9H,4H2,1-3H3. The number of hydrogen-bond donors (Lipinski definition) is 0. The van der Waals surface area contributed by atoms with Gasteiger partial charge in [0.1, 0.15) is 0 Å². The fourth-order valence-corrected chi connectivity index (χ4v) is 1.21. The summed E-state index contributed by atoms with van der Waals surface area (Å²) in [7, 11) is 3.77. The maximum absolute atomic E-state index is 3.96. The van der Waals surface area contributed by atoms with Gasteiger partial charge in [-0.15, -0.1) is 0 Å². The minimum atomic E-state index is 1.09. The number of aliphatic imine (C=N–C) groups is 1. The van der Waals surface area contributed by atoms with Gasteiger partial charge in [0, 0.05) is 19.8 Å². The molecule has 0 amide bonds. The lowest BCUT2D eigenvalue weighted by Gasteiger charge is -2.12. The van der Waals surface area contributed by atoms with Gasteiger partial charge >= 0.3 is 0 Å². The normalized spacial score (nSPS) is 10.7. The van der Waals surface area contributed by atoms with Crippen molar-refractivity contribution in [2.75, 3.05) is 19.0 Å². The Bertz CT molecular complexity index is 275. The van der Waals surface area contributed by atoms with Crippen molar-refractivity contribution in [2.24, 2.45) is 4.99 Å². The molecule has 0 N–H and O–H groups in total. The van der Waals surface area contributed by atoms with Crippen LogP contribution in [-0.4, -0.2) is 20.4 Å². The molecule has 1 aromatic carbocycles. The predicted molar refractivity (Wildman–Crippen MR) is 58.6 cm³/mol. The van der Waals surface area contributed by atoms with E-state index in [-0.39, 0.29) is 0 Å². The van der Waals surface area contributed by atoms with Crippen LogP contribution < -0.4 is 4.90 Å². The van der Waals surface area contributed by atoms with Crippen LogP contribution in [0.25, 0.3) is 0 Å². The number of hydrogen-bond acceptors (Lipinski definition) is 1. The number of nitrogens with zero attached hydrogens (tertiary/aromatic N) is 2. The van der Waals surface area contributed by atoms with Gasteiger partial charge < -0.3 is 4.90 Å². The van der Waals surface area contributed by atoms with E-state index >= 15 is 0 Å². The van der Waals surface area contributed by atoms with Crippen LogP contribution in [0.15, 0.2) is 29.3 Å². The molecule has 0 saturated heterocycles. The van der Waals surface area contributed by atoms with E-state index in [1.54, 1.807) is 13.4 Å². The molecule has 0 unspecified atom stereocenters. The quantitative estimate of drug-likeness (QED) is 0.510. The van der Waals surface area contributed by atoms with Crippen molar-refractivity contribution in [3.05, 3.63) is 29.8 Å². The van der Waals surface area contributed by atoms with Crippen LogP contribution >= 0.6 is 0 Å². The molecule has 0 aliphatic rings. The van der Waals surface area contributed by atoms with Gasteiger partial charge in [-0.25, -0.2) is 0 Å². The van der Waals surface area contributed by atoms with Crippen LogP contribution in [0.5, 0.6) is 0 Å². The highest BCUT2D eigenvalue weighted by Gasteiger charge is 1.95. The lowest BCUT2D eigenvalue weighted by molar-refractivity contribution is 1.14. The van der Waals surface area contributed by atoms with E-state index in [1.165, 1.54) is 11.3 Å². The molecule has 70 valence electrons. The van der Waals surface area contributed by atoms with Gasteiger partial charge in [0.2, 0.25) is 0 Å². The minimum Gasteiger partial charge on any atom is -0.336 e. The Morgan fingerprint density at radius 3 is 2.38 bits per heavy atom. The van der Waals surface area contributed by atoms with Crippen LogP contribution in [0.1, 0.15) is 12.5 Å². The molecule has 2 nitrogen and oxygen atoms in total. The minimum absolute atomic E-state index is 1.09. The van der Waals surface area contributed by atoms with Crippen molar-refractivity contribution < 1.29 is 0 Å². The Balaban J connectivity index is 2.79. The average molecular weight is 176 g/mol. The zero-order chi connectivity index (χ0) is 9.68. The fourth-order valence-electron chi connectivity index (χ4n) is 1.21. The molecule has 13 heavy (non-hydrogen) atoms. The van der Waals surface area contributed by atoms with Crippen LogP contribution in [0.2, 0.25) is 0 Å². The second-order valence-corrected chi connectivity index (χ2v) is 3.00. The van der Waals surface area contributed by atoms with Crippen molar-refractivity contribution in [3.63, 3.8) is 0 Å². The van der Waals surface area contributed by atoms with Gasteiger partial charge in [-0.3, -0.25) is 4.99 Å². The summed E-state index contributed by atoms with van der Waals surface area (Å²) in [6, 6.07) is 8.52. The predicted octanol–water partition coefficient (Wildman–Crippen LogP) is 2.34. The number of anilines is 1. The fraction of sp³-hybridized carbons (Fsp3) is 0.364. The van der Waals surface area contributed by atoms with Crippen LogP contribution in [0.3, 0.4) is 0 Å². The molecular weight excluding hydrogens is 160 g/mol. The molecule has 0 aliphatic carbocycles. The zero-order valence-corrected chi connectivity index (χ0v) is 8.49. The second kappa shape index (κ2) is 4.65. The first-order valence-electron chi connectivity index (χ1n) is 4.52. The first kappa shape index (κ1) is 9.78. The highest BCUT2D eigenvalue weighted by molar-refractivity contribution is 5.78. The molecule has 2 heteroatoms. The second-order valence-electron chi connectivity index (χ2n) is 3.00. The van der Waals surface area contributed by atoms with Gasteiger partial charge in [-0.05, 0) is 24.1 Å². The topological polar surface area (TPSA) is 15.6 Å². The molecular formula is C11H16N2. The average Bonchev–Trinajstić information content (AvgIpc) is 2.18. The summed E-state index contributed by atoms with van der Waals surface area (Å²) in [5, 5.41) is 0. The van der Waals surface area contributed by atoms with Crippen molar-refractivity contribution in [1.82, 2.24) is 0 Å². The molecule has 0 atom stereocenters. The highest BCUT2D eigenvalue weighted by atomic mass is 15.1. The zero-order valence-electron chi connectivity index (χ0n) is 8.49. The van der Waals surface area contributed by atoms with Crippen LogP contribution in [-0.2, 0) is 6.42 Å². The Hall–Kier alpha value is -1.31. The van der Waals surface area contributed by atoms with E-state index in [9.17, 15) is 0 Å².